The van der Waals surface area contributed by atoms with Crippen LogP contribution in [0.4, 0.5) is 28.4 Å². The molecule has 9 nitrogen and oxygen atoms in total. The van der Waals surface area contributed by atoms with Crippen LogP contribution >= 0.6 is 0 Å². The minimum absolute atomic E-state index is 0.0964. The van der Waals surface area contributed by atoms with Gasteiger partial charge >= 0.3 is 0 Å². The number of benzene rings is 2. The van der Waals surface area contributed by atoms with Crippen molar-refractivity contribution in [2.45, 2.75) is 13.8 Å². The Morgan fingerprint density at radius 1 is 1.15 bits per heavy atom. The molecular formula is C17H16N6O3. The monoisotopic (exact) mass is 352 g/mol. The second kappa shape index (κ2) is 8.43. The predicted molar refractivity (Wildman–Crippen MR) is 97.4 cm³/mol. The van der Waals surface area contributed by atoms with Crippen LogP contribution in [0.2, 0.25) is 0 Å². The maximum absolute atomic E-state index is 11.0. The van der Waals surface area contributed by atoms with Gasteiger partial charge in [0.05, 0.1) is 16.2 Å². The van der Waals surface area contributed by atoms with Gasteiger partial charge in [-0.05, 0) is 43.3 Å². The van der Waals surface area contributed by atoms with E-state index in [9.17, 15) is 20.3 Å². The number of nitrogens with zero attached hydrogens (tertiary/aromatic N) is 6. The van der Waals surface area contributed by atoms with Crippen molar-refractivity contribution in [1.82, 2.24) is 0 Å². The van der Waals surface area contributed by atoms with Gasteiger partial charge in [0.25, 0.3) is 5.69 Å². The molecule has 2 aromatic carbocycles. The lowest BCUT2D eigenvalue weighted by Gasteiger charge is -2.20. The summed E-state index contributed by atoms with van der Waals surface area (Å²) >= 11 is 0. The highest BCUT2D eigenvalue weighted by molar-refractivity contribution is 5.73. The topological polar surface area (TPSA) is 124 Å². The van der Waals surface area contributed by atoms with E-state index < -0.39 is 10.6 Å². The molecule has 0 aliphatic rings. The van der Waals surface area contributed by atoms with E-state index >= 15 is 0 Å². The predicted octanol–water partition coefficient (Wildman–Crippen LogP) is 5.13. The number of azo groups is 1. The first-order chi connectivity index (χ1) is 12.5. The summed E-state index contributed by atoms with van der Waals surface area (Å²) in [6, 6.07) is 11.1. The molecule has 0 fully saturated rings. The van der Waals surface area contributed by atoms with E-state index in [0.29, 0.717) is 5.69 Å². The number of nitro groups is 1. The van der Waals surface area contributed by atoms with Gasteiger partial charge < -0.3 is 4.90 Å². The lowest BCUT2D eigenvalue weighted by molar-refractivity contribution is -0.384. The molecule has 0 aromatic heterocycles. The second-order valence-corrected chi connectivity index (χ2v) is 5.21. The third kappa shape index (κ3) is 4.05. The van der Waals surface area contributed by atoms with Crippen LogP contribution in [0.3, 0.4) is 0 Å². The summed E-state index contributed by atoms with van der Waals surface area (Å²) in [5.41, 5.74) is 0.605. The summed E-state index contributed by atoms with van der Waals surface area (Å²) in [6.07, 6.45) is 0. The number of hydrogen-bond donors (Lipinski definition) is 0. The Balaban J connectivity index is 2.37. The first kappa shape index (κ1) is 18.7. The van der Waals surface area contributed by atoms with Crippen molar-refractivity contribution in [2.75, 3.05) is 18.0 Å². The van der Waals surface area contributed by atoms with Crippen LogP contribution in [-0.4, -0.2) is 18.0 Å². The largest absolute Gasteiger partial charge is 0.372 e. The molecule has 0 saturated carbocycles. The molecule has 0 unspecified atom stereocenters. The lowest BCUT2D eigenvalue weighted by atomic mass is 10.1. The number of anilines is 1. The van der Waals surface area contributed by atoms with Crippen LogP contribution in [0.1, 0.15) is 19.4 Å². The molecule has 0 aliphatic heterocycles. The van der Waals surface area contributed by atoms with Crippen molar-refractivity contribution in [3.05, 3.63) is 57.0 Å². The van der Waals surface area contributed by atoms with E-state index in [-0.39, 0.29) is 16.9 Å². The molecule has 0 heterocycles. The van der Waals surface area contributed by atoms with Crippen molar-refractivity contribution >= 4 is 28.4 Å². The van der Waals surface area contributed by atoms with Gasteiger partial charge in [0, 0.05) is 30.9 Å². The molecular weight excluding hydrogens is 336 g/mol. The Morgan fingerprint density at radius 2 is 1.81 bits per heavy atom. The Labute approximate surface area is 149 Å². The minimum atomic E-state index is -0.706. The third-order valence-electron chi connectivity index (χ3n) is 3.75. The third-order valence-corrected chi connectivity index (χ3v) is 3.75. The summed E-state index contributed by atoms with van der Waals surface area (Å²) in [4.78, 5) is 23.3. The van der Waals surface area contributed by atoms with E-state index in [1.807, 2.05) is 12.1 Å². The van der Waals surface area contributed by atoms with E-state index in [1.54, 1.807) is 18.2 Å². The molecule has 0 aliphatic carbocycles. The molecule has 0 spiro atoms. The SMILES string of the molecule is CCN(CC)c1ccc(N=Nc2c(C#N)cc([N+](=O)[O-])cc2N=O)cc1. The summed E-state index contributed by atoms with van der Waals surface area (Å²) in [7, 11) is 0. The van der Waals surface area contributed by atoms with Crippen molar-refractivity contribution in [1.29, 1.82) is 5.26 Å². The molecule has 9 heteroatoms. The van der Waals surface area contributed by atoms with Crippen LogP contribution in [-0.2, 0) is 0 Å². The van der Waals surface area contributed by atoms with Gasteiger partial charge in [-0.1, -0.05) is 0 Å². The fourth-order valence-corrected chi connectivity index (χ4v) is 2.40. The molecule has 2 rings (SSSR count). The number of nitroso groups, excluding NO2 is 1. The maximum atomic E-state index is 11.0. The van der Waals surface area contributed by atoms with Gasteiger partial charge in [0.2, 0.25) is 0 Å². The smallest absolute Gasteiger partial charge is 0.273 e. The second-order valence-electron chi connectivity index (χ2n) is 5.21. The molecule has 0 saturated heterocycles. The average Bonchev–Trinajstić information content (AvgIpc) is 2.67. The van der Waals surface area contributed by atoms with Gasteiger partial charge in [-0.15, -0.1) is 10.0 Å². The standard InChI is InChI=1S/C17H16N6O3/c1-3-22(4-2)14-7-5-13(6-8-14)19-20-17-12(11-18)9-15(23(25)26)10-16(17)21-24/h5-10H,3-4H2,1-2H3. The lowest BCUT2D eigenvalue weighted by Crippen LogP contribution is -2.21. The minimum Gasteiger partial charge on any atom is -0.372 e. The van der Waals surface area contributed by atoms with Gasteiger partial charge in [-0.25, -0.2) is 0 Å². The summed E-state index contributed by atoms with van der Waals surface area (Å²) in [5, 5.41) is 30.7. The van der Waals surface area contributed by atoms with Crippen LogP contribution in [0.15, 0.2) is 51.8 Å². The summed E-state index contributed by atoms with van der Waals surface area (Å²) in [6.45, 7) is 5.87. The zero-order chi connectivity index (χ0) is 19.1. The zero-order valence-electron chi connectivity index (χ0n) is 14.3. The van der Waals surface area contributed by atoms with Crippen molar-refractivity contribution in [2.24, 2.45) is 15.4 Å². The molecule has 0 amide bonds. The fourth-order valence-electron chi connectivity index (χ4n) is 2.40. The highest BCUT2D eigenvalue weighted by Gasteiger charge is 2.17. The highest BCUT2D eigenvalue weighted by Crippen LogP contribution is 2.36. The van der Waals surface area contributed by atoms with Crippen LogP contribution in [0.25, 0.3) is 0 Å². The first-order valence-electron chi connectivity index (χ1n) is 7.86. The van der Waals surface area contributed by atoms with Crippen molar-refractivity contribution < 1.29 is 4.92 Å². The number of rotatable bonds is 7. The van der Waals surface area contributed by atoms with E-state index in [1.165, 1.54) is 0 Å². The number of hydrogen-bond acceptors (Lipinski definition) is 8. The molecule has 2 aromatic rings. The van der Waals surface area contributed by atoms with Crippen molar-refractivity contribution in [3.63, 3.8) is 0 Å². The molecule has 0 radical (unpaired) electrons. The highest BCUT2D eigenvalue weighted by atomic mass is 16.6. The van der Waals surface area contributed by atoms with E-state index in [4.69, 9.17) is 0 Å². The van der Waals surface area contributed by atoms with Gasteiger partial charge in [-0.3, -0.25) is 10.1 Å². The van der Waals surface area contributed by atoms with Crippen LogP contribution in [0, 0.1) is 26.4 Å². The normalized spacial score (nSPS) is 10.5. The first-order valence-corrected chi connectivity index (χ1v) is 7.86. The van der Waals surface area contributed by atoms with Crippen LogP contribution < -0.4 is 4.90 Å². The molecule has 0 N–H and O–H groups in total. The van der Waals surface area contributed by atoms with Gasteiger partial charge in [0.15, 0.2) is 0 Å². The average molecular weight is 352 g/mol. The molecule has 0 bridgehead atoms. The van der Waals surface area contributed by atoms with E-state index in [2.05, 4.69) is 34.2 Å². The van der Waals surface area contributed by atoms with Gasteiger partial charge in [0.1, 0.15) is 17.4 Å². The zero-order valence-corrected chi connectivity index (χ0v) is 14.3. The number of nitro benzene ring substituents is 1. The Bertz CT molecular complexity index is 883. The molecule has 132 valence electrons. The molecule has 0 atom stereocenters. The Kier molecular flexibility index (Phi) is 6.06. The Morgan fingerprint density at radius 3 is 2.31 bits per heavy atom. The molecule has 26 heavy (non-hydrogen) atoms. The summed E-state index contributed by atoms with van der Waals surface area (Å²) in [5.74, 6) is 0. The fraction of sp³-hybridized carbons (Fsp3) is 0.235. The maximum Gasteiger partial charge on any atom is 0.273 e. The quantitative estimate of drug-likeness (QED) is 0.296. The number of nitriles is 1. The Hall–Kier alpha value is -3.67. The number of non-ortho nitro benzene ring substituents is 1. The van der Waals surface area contributed by atoms with Crippen LogP contribution in [0.5, 0.6) is 0 Å². The van der Waals surface area contributed by atoms with E-state index in [0.717, 1.165) is 30.9 Å². The van der Waals surface area contributed by atoms with Crippen molar-refractivity contribution in [3.8, 4) is 6.07 Å². The van der Waals surface area contributed by atoms with Gasteiger partial charge in [-0.2, -0.15) is 10.4 Å². The summed E-state index contributed by atoms with van der Waals surface area (Å²) < 4.78 is 0.